The number of thiophene rings is 1. The van der Waals surface area contributed by atoms with Gasteiger partial charge in [0.1, 0.15) is 4.21 Å². The largest absolute Gasteiger partial charge is 0.247 e. The van der Waals surface area contributed by atoms with E-state index in [-0.39, 0.29) is 9.10 Å². The molecule has 0 aliphatic carbocycles. The molecule has 1 aromatic heterocycles. The molecule has 0 saturated carbocycles. The van der Waals surface area contributed by atoms with E-state index in [1.165, 1.54) is 18.2 Å². The Morgan fingerprint density at radius 1 is 1.00 bits per heavy atom. The fourth-order valence-corrected chi connectivity index (χ4v) is 3.76. The predicted octanol–water partition coefficient (Wildman–Crippen LogP) is 1.47. The van der Waals surface area contributed by atoms with Gasteiger partial charge in [-0.2, -0.15) is 0 Å². The summed E-state index contributed by atoms with van der Waals surface area (Å²) in [6.07, 6.45) is 1.13. The second-order valence-corrected chi connectivity index (χ2v) is 8.71. The molecule has 19 heavy (non-hydrogen) atoms. The highest BCUT2D eigenvalue weighted by molar-refractivity contribution is 7.91. The van der Waals surface area contributed by atoms with Gasteiger partial charge in [-0.25, -0.2) is 22.0 Å². The second kappa shape index (κ2) is 4.71. The first kappa shape index (κ1) is 14.2. The Kier molecular flexibility index (Phi) is 3.52. The van der Waals surface area contributed by atoms with Gasteiger partial charge in [0.2, 0.25) is 10.0 Å². The standard InChI is InChI=1S/C11H11NO4S3/c1-18(13,14)10-4-2-8(3-5-10)9-6-11(17-7-9)19(12,15)16/h2-7H,1H3,(H2,12,15,16). The zero-order valence-corrected chi connectivity index (χ0v) is 12.3. The molecule has 0 unspecified atom stereocenters. The van der Waals surface area contributed by atoms with E-state index in [0.717, 1.165) is 23.2 Å². The second-order valence-electron chi connectivity index (χ2n) is 4.00. The molecule has 1 heterocycles. The van der Waals surface area contributed by atoms with Crippen molar-refractivity contribution in [3.8, 4) is 11.1 Å². The molecule has 8 heteroatoms. The monoisotopic (exact) mass is 317 g/mol. The Balaban J connectivity index is 2.41. The van der Waals surface area contributed by atoms with Crippen LogP contribution in [0.4, 0.5) is 0 Å². The molecule has 0 aliphatic heterocycles. The molecule has 0 amide bonds. The van der Waals surface area contributed by atoms with Crippen LogP contribution in [0.15, 0.2) is 44.8 Å². The summed E-state index contributed by atoms with van der Waals surface area (Å²) in [7, 11) is -6.93. The van der Waals surface area contributed by atoms with Crippen molar-refractivity contribution in [3.05, 3.63) is 35.7 Å². The highest BCUT2D eigenvalue weighted by Gasteiger charge is 2.12. The van der Waals surface area contributed by atoms with E-state index in [1.807, 2.05) is 0 Å². The lowest BCUT2D eigenvalue weighted by molar-refractivity contribution is 0.599. The Bertz CT molecular complexity index is 802. The highest BCUT2D eigenvalue weighted by Crippen LogP contribution is 2.28. The third kappa shape index (κ3) is 3.21. The minimum atomic E-state index is -3.70. The van der Waals surface area contributed by atoms with Gasteiger partial charge in [0.05, 0.1) is 4.90 Å². The number of hydrogen-bond donors (Lipinski definition) is 1. The van der Waals surface area contributed by atoms with Crippen LogP contribution in [0.1, 0.15) is 0 Å². The molecule has 0 spiro atoms. The van der Waals surface area contributed by atoms with Crippen molar-refractivity contribution in [3.63, 3.8) is 0 Å². The molecular formula is C11H11NO4S3. The fraction of sp³-hybridized carbons (Fsp3) is 0.0909. The maximum atomic E-state index is 11.3. The van der Waals surface area contributed by atoms with Crippen molar-refractivity contribution in [2.75, 3.05) is 6.26 Å². The summed E-state index contributed by atoms with van der Waals surface area (Å²) in [6, 6.07) is 7.70. The van der Waals surface area contributed by atoms with Crippen molar-refractivity contribution in [2.24, 2.45) is 5.14 Å². The summed E-state index contributed by atoms with van der Waals surface area (Å²) >= 11 is 1.03. The smallest absolute Gasteiger partial charge is 0.224 e. The van der Waals surface area contributed by atoms with E-state index >= 15 is 0 Å². The quantitative estimate of drug-likeness (QED) is 0.927. The van der Waals surface area contributed by atoms with Gasteiger partial charge in [-0.05, 0) is 34.7 Å². The molecule has 0 aliphatic rings. The molecule has 2 rings (SSSR count). The Morgan fingerprint density at radius 3 is 2.00 bits per heavy atom. The van der Waals surface area contributed by atoms with Crippen molar-refractivity contribution >= 4 is 31.2 Å². The van der Waals surface area contributed by atoms with Crippen LogP contribution in [0.2, 0.25) is 0 Å². The van der Waals surface area contributed by atoms with Crippen LogP contribution < -0.4 is 5.14 Å². The Morgan fingerprint density at radius 2 is 1.58 bits per heavy atom. The molecule has 5 nitrogen and oxygen atoms in total. The van der Waals surface area contributed by atoms with Crippen LogP contribution in [0.3, 0.4) is 0 Å². The van der Waals surface area contributed by atoms with Crippen molar-refractivity contribution in [2.45, 2.75) is 9.10 Å². The van der Waals surface area contributed by atoms with Gasteiger partial charge in [-0.1, -0.05) is 12.1 Å². The van der Waals surface area contributed by atoms with E-state index < -0.39 is 19.9 Å². The number of sulfone groups is 1. The normalized spacial score (nSPS) is 12.5. The maximum Gasteiger partial charge on any atom is 0.247 e. The average molecular weight is 317 g/mol. The van der Waals surface area contributed by atoms with Crippen LogP contribution in [-0.2, 0) is 19.9 Å². The highest BCUT2D eigenvalue weighted by atomic mass is 32.2. The number of hydrogen-bond acceptors (Lipinski definition) is 5. The zero-order valence-electron chi connectivity index (χ0n) is 9.90. The minimum absolute atomic E-state index is 0.0784. The number of primary sulfonamides is 1. The molecule has 2 N–H and O–H groups in total. The first-order chi connectivity index (χ1) is 8.68. The first-order valence-corrected chi connectivity index (χ1v) is 9.41. The molecule has 1 aromatic carbocycles. The molecule has 0 radical (unpaired) electrons. The topological polar surface area (TPSA) is 94.3 Å². The molecule has 0 atom stereocenters. The Hall–Kier alpha value is -1.22. The van der Waals surface area contributed by atoms with Crippen LogP contribution in [-0.4, -0.2) is 23.1 Å². The summed E-state index contributed by atoms with van der Waals surface area (Å²) in [5.41, 5.74) is 1.42. The number of sulfonamides is 1. The SMILES string of the molecule is CS(=O)(=O)c1ccc(-c2csc(S(N)(=O)=O)c2)cc1. The lowest BCUT2D eigenvalue weighted by atomic mass is 10.1. The average Bonchev–Trinajstić information content (AvgIpc) is 2.77. The van der Waals surface area contributed by atoms with E-state index in [0.29, 0.717) is 5.56 Å². The van der Waals surface area contributed by atoms with Crippen LogP contribution in [0.25, 0.3) is 11.1 Å². The van der Waals surface area contributed by atoms with Crippen LogP contribution in [0.5, 0.6) is 0 Å². The minimum Gasteiger partial charge on any atom is -0.224 e. The lowest BCUT2D eigenvalue weighted by Crippen LogP contribution is -2.09. The molecule has 102 valence electrons. The summed E-state index contributed by atoms with van der Waals surface area (Å²) < 4.78 is 45.1. The Labute approximate surface area is 115 Å². The van der Waals surface area contributed by atoms with Gasteiger partial charge in [0.25, 0.3) is 0 Å². The third-order valence-electron chi connectivity index (χ3n) is 2.47. The number of nitrogens with two attached hydrogens (primary N) is 1. The van der Waals surface area contributed by atoms with Crippen molar-refractivity contribution in [1.82, 2.24) is 0 Å². The van der Waals surface area contributed by atoms with E-state index in [9.17, 15) is 16.8 Å². The van der Waals surface area contributed by atoms with Gasteiger partial charge in [0.15, 0.2) is 9.84 Å². The van der Waals surface area contributed by atoms with E-state index in [2.05, 4.69) is 0 Å². The number of rotatable bonds is 3. The van der Waals surface area contributed by atoms with Gasteiger partial charge in [-0.15, -0.1) is 11.3 Å². The van der Waals surface area contributed by atoms with E-state index in [1.54, 1.807) is 17.5 Å². The zero-order chi connectivity index (χ0) is 14.3. The van der Waals surface area contributed by atoms with Gasteiger partial charge < -0.3 is 0 Å². The van der Waals surface area contributed by atoms with Crippen molar-refractivity contribution < 1.29 is 16.8 Å². The molecular weight excluding hydrogens is 306 g/mol. The predicted molar refractivity (Wildman–Crippen MR) is 74.2 cm³/mol. The van der Waals surface area contributed by atoms with Gasteiger partial charge in [0, 0.05) is 6.26 Å². The lowest BCUT2D eigenvalue weighted by Gasteiger charge is -2.00. The van der Waals surface area contributed by atoms with Gasteiger partial charge >= 0.3 is 0 Å². The maximum absolute atomic E-state index is 11.3. The molecule has 0 bridgehead atoms. The summed E-state index contributed by atoms with van der Waals surface area (Å²) in [5.74, 6) is 0. The third-order valence-corrected chi connectivity index (χ3v) is 5.99. The summed E-state index contributed by atoms with van der Waals surface area (Å²) in [6.45, 7) is 0. The molecule has 2 aromatic rings. The first-order valence-electron chi connectivity index (χ1n) is 5.10. The van der Waals surface area contributed by atoms with Gasteiger partial charge in [-0.3, -0.25) is 0 Å². The fourth-order valence-electron chi connectivity index (χ4n) is 1.51. The summed E-state index contributed by atoms with van der Waals surface area (Å²) in [4.78, 5) is 0.221. The van der Waals surface area contributed by atoms with Crippen LogP contribution in [0, 0.1) is 0 Å². The number of benzene rings is 1. The molecule has 0 saturated heterocycles. The van der Waals surface area contributed by atoms with E-state index in [4.69, 9.17) is 5.14 Å². The molecule has 0 fully saturated rings. The van der Waals surface area contributed by atoms with Crippen LogP contribution >= 0.6 is 11.3 Å². The summed E-state index contributed by atoms with van der Waals surface area (Å²) in [5, 5.41) is 6.69. The van der Waals surface area contributed by atoms with Crippen molar-refractivity contribution in [1.29, 1.82) is 0 Å².